The lowest BCUT2D eigenvalue weighted by molar-refractivity contribution is -0.143. The molecule has 0 aliphatic carbocycles. The molecule has 0 spiro atoms. The highest BCUT2D eigenvalue weighted by atomic mass is 19.4. The van der Waals surface area contributed by atoms with Gasteiger partial charge in [-0.1, -0.05) is 60.6 Å². The molecule has 0 saturated heterocycles. The highest BCUT2D eigenvalue weighted by Gasteiger charge is 2.37. The molecule has 3 aromatic rings. The first-order chi connectivity index (χ1) is 22.1. The van der Waals surface area contributed by atoms with Crippen LogP contribution < -0.4 is 11.1 Å². The van der Waals surface area contributed by atoms with Gasteiger partial charge in [0.1, 0.15) is 7.11 Å². The van der Waals surface area contributed by atoms with E-state index in [9.17, 15) is 31.1 Å². The Morgan fingerprint density at radius 1 is 0.872 bits per heavy atom. The lowest BCUT2D eigenvalue weighted by Gasteiger charge is -2.30. The Morgan fingerprint density at radius 2 is 1.51 bits per heavy atom. The molecule has 0 aromatic heterocycles. The van der Waals surface area contributed by atoms with E-state index in [1.165, 1.54) is 7.11 Å². The van der Waals surface area contributed by atoms with Crippen molar-refractivity contribution in [3.63, 3.8) is 0 Å². The van der Waals surface area contributed by atoms with E-state index in [4.69, 9.17) is 15.3 Å². The molecule has 1 amide bonds. The molecule has 2 unspecified atom stereocenters. The number of aryl methyl sites for hydroxylation is 2. The average Bonchev–Trinajstić information content (AvgIpc) is 3.01. The number of hydrogen-bond acceptors (Lipinski definition) is 5. The Bertz CT molecular complexity index is 1480. The number of rotatable bonds is 16. The molecule has 0 heterocycles. The fraction of sp³-hybridized carbons (Fsp3) is 0.429. The number of amides is 1. The number of hydrogen-bond donors (Lipinski definition) is 2. The SMILES string of the molecule is CCC(CCNCCC(/C(COCc1cc(C(F)(F)F)cc(C(F)(F)F)c1)=N/OC)c1ccc(C)c(C)c1)(C(N)=O)c1ccccc1. The second-order valence-electron chi connectivity index (χ2n) is 11.5. The van der Waals surface area contributed by atoms with Crippen molar-refractivity contribution in [2.45, 2.75) is 70.3 Å². The van der Waals surface area contributed by atoms with Gasteiger partial charge in [-0.25, -0.2) is 0 Å². The monoisotopic (exact) mass is 665 g/mol. The largest absolute Gasteiger partial charge is 0.416 e. The Kier molecular flexibility index (Phi) is 13.0. The number of nitrogens with zero attached hydrogens (tertiary/aromatic N) is 1. The summed E-state index contributed by atoms with van der Waals surface area (Å²) in [5.74, 6) is -0.772. The van der Waals surface area contributed by atoms with E-state index in [1.54, 1.807) is 0 Å². The molecule has 0 bridgehead atoms. The highest BCUT2D eigenvalue weighted by Crippen LogP contribution is 2.37. The Hall–Kier alpha value is -3.90. The summed E-state index contributed by atoms with van der Waals surface area (Å²) >= 11 is 0. The summed E-state index contributed by atoms with van der Waals surface area (Å²) in [6.07, 6.45) is -8.44. The smallest absolute Gasteiger partial charge is 0.399 e. The van der Waals surface area contributed by atoms with Gasteiger partial charge >= 0.3 is 12.4 Å². The molecular weight excluding hydrogens is 624 g/mol. The minimum Gasteiger partial charge on any atom is -0.399 e. The van der Waals surface area contributed by atoms with Gasteiger partial charge in [-0.05, 0) is 92.2 Å². The van der Waals surface area contributed by atoms with Crippen LogP contribution in [0.5, 0.6) is 0 Å². The molecule has 3 N–H and O–H groups in total. The second kappa shape index (κ2) is 16.3. The first-order valence-corrected chi connectivity index (χ1v) is 15.2. The highest BCUT2D eigenvalue weighted by molar-refractivity contribution is 5.91. The molecule has 2 atom stereocenters. The number of primary amides is 1. The van der Waals surface area contributed by atoms with Crippen molar-refractivity contribution in [2.24, 2.45) is 10.9 Å². The number of nitrogens with two attached hydrogens (primary N) is 1. The van der Waals surface area contributed by atoms with Gasteiger partial charge in [0.2, 0.25) is 5.91 Å². The predicted octanol–water partition coefficient (Wildman–Crippen LogP) is 7.85. The minimum absolute atomic E-state index is 0.0813. The summed E-state index contributed by atoms with van der Waals surface area (Å²) < 4.78 is 85.8. The molecule has 0 aliphatic heterocycles. The Morgan fingerprint density at radius 3 is 2.04 bits per heavy atom. The third-order valence-electron chi connectivity index (χ3n) is 8.45. The lowest BCUT2D eigenvalue weighted by atomic mass is 9.74. The minimum atomic E-state index is -4.96. The number of ether oxygens (including phenoxy) is 1. The van der Waals surface area contributed by atoms with E-state index < -0.39 is 41.4 Å². The van der Waals surface area contributed by atoms with Gasteiger partial charge in [-0.2, -0.15) is 26.3 Å². The van der Waals surface area contributed by atoms with Crippen molar-refractivity contribution in [3.8, 4) is 0 Å². The molecule has 47 heavy (non-hydrogen) atoms. The zero-order valence-corrected chi connectivity index (χ0v) is 26.9. The maximum absolute atomic E-state index is 13.4. The zero-order chi connectivity index (χ0) is 34.8. The van der Waals surface area contributed by atoms with Crippen LogP contribution in [0.4, 0.5) is 26.3 Å². The van der Waals surface area contributed by atoms with Crippen molar-refractivity contribution < 1.29 is 40.7 Å². The number of oxime groups is 1. The first kappa shape index (κ1) is 37.6. The van der Waals surface area contributed by atoms with Crippen LogP contribution in [0.3, 0.4) is 0 Å². The molecule has 256 valence electrons. The third kappa shape index (κ3) is 10.0. The van der Waals surface area contributed by atoms with Crippen LogP contribution in [0.15, 0.2) is 71.9 Å². The van der Waals surface area contributed by atoms with Gasteiger partial charge in [0.25, 0.3) is 0 Å². The van der Waals surface area contributed by atoms with Crippen LogP contribution in [-0.4, -0.2) is 38.4 Å². The first-order valence-electron chi connectivity index (χ1n) is 15.2. The summed E-state index contributed by atoms with van der Waals surface area (Å²) in [5, 5.41) is 7.54. The summed E-state index contributed by atoms with van der Waals surface area (Å²) in [5.41, 5.74) is 6.18. The Balaban J connectivity index is 1.78. The quantitative estimate of drug-likeness (QED) is 0.0707. The van der Waals surface area contributed by atoms with E-state index in [-0.39, 0.29) is 24.2 Å². The number of halogens is 6. The van der Waals surface area contributed by atoms with Crippen molar-refractivity contribution in [3.05, 3.63) is 106 Å². The van der Waals surface area contributed by atoms with Gasteiger partial charge in [-0.15, -0.1) is 0 Å². The van der Waals surface area contributed by atoms with Crippen LogP contribution >= 0.6 is 0 Å². The molecule has 3 rings (SSSR count). The number of benzene rings is 3. The van der Waals surface area contributed by atoms with E-state index in [2.05, 4.69) is 10.5 Å². The summed E-state index contributed by atoms with van der Waals surface area (Å²) in [6, 6.07) is 16.6. The van der Waals surface area contributed by atoms with Gasteiger partial charge in [0.05, 0.1) is 35.5 Å². The molecule has 0 saturated carbocycles. The molecule has 6 nitrogen and oxygen atoms in total. The van der Waals surface area contributed by atoms with Crippen LogP contribution in [-0.2, 0) is 38.7 Å². The molecule has 0 aliphatic rings. The molecule has 3 aromatic carbocycles. The van der Waals surface area contributed by atoms with Crippen molar-refractivity contribution in [2.75, 3.05) is 26.8 Å². The fourth-order valence-electron chi connectivity index (χ4n) is 5.59. The molecular formula is C35H41F6N3O3. The third-order valence-corrected chi connectivity index (χ3v) is 8.45. The fourth-order valence-corrected chi connectivity index (χ4v) is 5.59. The maximum Gasteiger partial charge on any atom is 0.416 e. The lowest BCUT2D eigenvalue weighted by Crippen LogP contribution is -2.43. The molecule has 0 fully saturated rings. The molecule has 12 heteroatoms. The normalized spacial score (nSPS) is 14.5. The number of alkyl halides is 6. The summed E-state index contributed by atoms with van der Waals surface area (Å²) in [6.45, 7) is 6.09. The standard InChI is InChI=1S/C35H41F6N3O3/c1-5-33(32(42)45,27-9-7-6-8-10-27)14-16-43-15-13-30(26-12-11-23(2)24(3)17-26)31(44-46-4)22-47-21-25-18-28(34(36,37)38)20-29(19-25)35(39,40)41/h6-12,17-20,30,43H,5,13-16,21-22H2,1-4H3,(H2,42,45)/b44-31+. The van der Waals surface area contributed by atoms with Crippen molar-refractivity contribution >= 4 is 11.6 Å². The van der Waals surface area contributed by atoms with Crippen LogP contribution in [0.25, 0.3) is 0 Å². The van der Waals surface area contributed by atoms with E-state index in [1.807, 2.05) is 69.3 Å². The van der Waals surface area contributed by atoms with Gasteiger partial charge in [0.15, 0.2) is 0 Å². The topological polar surface area (TPSA) is 85.9 Å². The van der Waals surface area contributed by atoms with E-state index in [0.717, 1.165) is 22.3 Å². The van der Waals surface area contributed by atoms with Crippen LogP contribution in [0.2, 0.25) is 0 Å². The summed E-state index contributed by atoms with van der Waals surface area (Å²) in [7, 11) is 1.34. The molecule has 0 radical (unpaired) electrons. The van der Waals surface area contributed by atoms with Crippen molar-refractivity contribution in [1.82, 2.24) is 5.32 Å². The Labute approximate surface area is 271 Å². The zero-order valence-electron chi connectivity index (χ0n) is 26.9. The van der Waals surface area contributed by atoms with Crippen LogP contribution in [0, 0.1) is 13.8 Å². The van der Waals surface area contributed by atoms with E-state index >= 15 is 0 Å². The van der Waals surface area contributed by atoms with Gasteiger partial charge in [-0.3, -0.25) is 4.79 Å². The van der Waals surface area contributed by atoms with Gasteiger partial charge < -0.3 is 20.6 Å². The van der Waals surface area contributed by atoms with Gasteiger partial charge in [0, 0.05) is 5.92 Å². The number of carbonyl (C=O) groups excluding carboxylic acids is 1. The number of carbonyl (C=O) groups is 1. The predicted molar refractivity (Wildman–Crippen MR) is 169 cm³/mol. The van der Waals surface area contributed by atoms with Crippen molar-refractivity contribution in [1.29, 1.82) is 0 Å². The van der Waals surface area contributed by atoms with E-state index in [0.29, 0.717) is 50.2 Å². The second-order valence-corrected chi connectivity index (χ2v) is 11.5. The summed E-state index contributed by atoms with van der Waals surface area (Å²) in [4.78, 5) is 17.7. The maximum atomic E-state index is 13.4. The number of nitrogens with one attached hydrogen (secondary N) is 1. The van der Waals surface area contributed by atoms with Crippen LogP contribution in [0.1, 0.15) is 71.0 Å². The average molecular weight is 666 g/mol.